The summed E-state index contributed by atoms with van der Waals surface area (Å²) in [5.74, 6) is 0. The fourth-order valence-electron chi connectivity index (χ4n) is 2.44. The minimum atomic E-state index is 0.272. The molecule has 0 bridgehead atoms. The summed E-state index contributed by atoms with van der Waals surface area (Å²) in [6, 6.07) is 0. The number of allylic oxidation sites excluding steroid dienone is 6. The molecule has 0 fully saturated rings. The highest BCUT2D eigenvalue weighted by Crippen LogP contribution is 2.40. The number of hydrogen-bond donors (Lipinski definition) is 0. The van der Waals surface area contributed by atoms with Crippen molar-refractivity contribution in [1.82, 2.24) is 0 Å². The lowest BCUT2D eigenvalue weighted by molar-refractivity contribution is -0.104. The van der Waals surface area contributed by atoms with Gasteiger partial charge in [0.15, 0.2) is 0 Å². The molecule has 0 saturated carbocycles. The Morgan fingerprint density at radius 2 is 1.88 bits per heavy atom. The van der Waals surface area contributed by atoms with Crippen LogP contribution in [-0.4, -0.2) is 6.29 Å². The van der Waals surface area contributed by atoms with Crippen LogP contribution in [0.2, 0.25) is 0 Å². The third kappa shape index (κ3) is 3.42. The minimum absolute atomic E-state index is 0.272. The number of hydrogen-bond acceptors (Lipinski definition) is 1. The molecule has 1 nitrogen and oxygen atoms in total. The van der Waals surface area contributed by atoms with E-state index >= 15 is 0 Å². The van der Waals surface area contributed by atoms with E-state index in [0.29, 0.717) is 0 Å². The minimum Gasteiger partial charge on any atom is -0.298 e. The van der Waals surface area contributed by atoms with Crippen LogP contribution in [0.4, 0.5) is 0 Å². The van der Waals surface area contributed by atoms with Gasteiger partial charge in [0.05, 0.1) is 0 Å². The fourth-order valence-corrected chi connectivity index (χ4v) is 2.44. The summed E-state index contributed by atoms with van der Waals surface area (Å²) in [7, 11) is 0. The van der Waals surface area contributed by atoms with Gasteiger partial charge in [-0.15, -0.1) is 0 Å². The molecule has 0 aromatic rings. The average molecular weight is 232 g/mol. The molecule has 94 valence electrons. The van der Waals surface area contributed by atoms with Crippen molar-refractivity contribution in [2.75, 3.05) is 0 Å². The lowest BCUT2D eigenvalue weighted by atomic mass is 9.72. The van der Waals surface area contributed by atoms with Gasteiger partial charge in [0.25, 0.3) is 0 Å². The predicted octanol–water partition coefficient (Wildman–Crippen LogP) is 4.60. The lowest BCUT2D eigenvalue weighted by Crippen LogP contribution is -2.19. The highest BCUT2D eigenvalue weighted by molar-refractivity contribution is 5.74. The molecule has 1 aliphatic rings. The number of carbonyl (C=O) groups is 1. The molecule has 0 saturated heterocycles. The Morgan fingerprint density at radius 1 is 1.24 bits per heavy atom. The molecule has 1 heteroatoms. The summed E-state index contributed by atoms with van der Waals surface area (Å²) in [6.07, 6.45) is 8.95. The highest BCUT2D eigenvalue weighted by Gasteiger charge is 2.26. The van der Waals surface area contributed by atoms with Crippen molar-refractivity contribution in [2.45, 2.75) is 53.9 Å². The zero-order valence-electron chi connectivity index (χ0n) is 11.8. The maximum atomic E-state index is 10.7. The first-order chi connectivity index (χ1) is 7.88. The molecule has 0 aromatic heterocycles. The second-order valence-corrected chi connectivity index (χ2v) is 5.75. The van der Waals surface area contributed by atoms with Crippen LogP contribution in [0.25, 0.3) is 0 Å². The van der Waals surface area contributed by atoms with E-state index in [1.807, 2.05) is 13.8 Å². The third-order valence-corrected chi connectivity index (χ3v) is 3.84. The summed E-state index contributed by atoms with van der Waals surface area (Å²) in [6.45, 7) is 10.7. The molecule has 0 aliphatic heterocycles. The topological polar surface area (TPSA) is 17.1 Å². The first kappa shape index (κ1) is 14.0. The van der Waals surface area contributed by atoms with Crippen molar-refractivity contribution in [3.8, 4) is 0 Å². The van der Waals surface area contributed by atoms with Gasteiger partial charge < -0.3 is 0 Å². The SMILES string of the molecule is CC1=C(/C=C/C(C)=C(/C)C=O)C(C)(C)CCC1. The van der Waals surface area contributed by atoms with Crippen LogP contribution in [0, 0.1) is 5.41 Å². The second-order valence-electron chi connectivity index (χ2n) is 5.75. The van der Waals surface area contributed by atoms with Gasteiger partial charge in [-0.1, -0.05) is 31.6 Å². The monoisotopic (exact) mass is 232 g/mol. The Hall–Kier alpha value is -1.11. The van der Waals surface area contributed by atoms with Gasteiger partial charge in [-0.05, 0) is 62.2 Å². The van der Waals surface area contributed by atoms with Crippen LogP contribution < -0.4 is 0 Å². The number of rotatable bonds is 3. The molecule has 0 heterocycles. The van der Waals surface area contributed by atoms with E-state index in [1.165, 1.54) is 30.4 Å². The standard InChI is InChI=1S/C16H24O/c1-12(14(3)11-17)8-9-15-13(2)7-6-10-16(15,4)5/h8-9,11H,6-7,10H2,1-5H3/b9-8+,14-12-. The van der Waals surface area contributed by atoms with Gasteiger partial charge in [-0.2, -0.15) is 0 Å². The average Bonchev–Trinajstić information content (AvgIpc) is 2.26. The smallest absolute Gasteiger partial charge is 0.146 e. The van der Waals surface area contributed by atoms with Gasteiger partial charge in [0.1, 0.15) is 6.29 Å². The molecule has 0 spiro atoms. The van der Waals surface area contributed by atoms with Gasteiger partial charge in [0.2, 0.25) is 0 Å². The maximum Gasteiger partial charge on any atom is 0.146 e. The van der Waals surface area contributed by atoms with Gasteiger partial charge in [0, 0.05) is 0 Å². The summed E-state index contributed by atoms with van der Waals surface area (Å²) in [5, 5.41) is 0. The summed E-state index contributed by atoms with van der Waals surface area (Å²) < 4.78 is 0. The van der Waals surface area contributed by atoms with E-state index in [-0.39, 0.29) is 5.41 Å². The van der Waals surface area contributed by atoms with Crippen LogP contribution in [-0.2, 0) is 4.79 Å². The summed E-state index contributed by atoms with van der Waals surface area (Å²) in [5.41, 5.74) is 5.08. The van der Waals surface area contributed by atoms with E-state index in [1.54, 1.807) is 0 Å². The van der Waals surface area contributed by atoms with Crippen LogP contribution in [0.5, 0.6) is 0 Å². The van der Waals surface area contributed by atoms with Crippen molar-refractivity contribution in [2.24, 2.45) is 5.41 Å². The normalized spacial score (nSPS) is 21.7. The van der Waals surface area contributed by atoms with Gasteiger partial charge >= 0.3 is 0 Å². The molecule has 0 aromatic carbocycles. The Labute approximate surface area is 105 Å². The molecule has 0 amide bonds. The Morgan fingerprint density at radius 3 is 2.41 bits per heavy atom. The zero-order valence-corrected chi connectivity index (χ0v) is 11.8. The molecular formula is C16H24O. The van der Waals surface area contributed by atoms with E-state index in [4.69, 9.17) is 0 Å². The number of carbonyl (C=O) groups excluding carboxylic acids is 1. The highest BCUT2D eigenvalue weighted by atomic mass is 16.1. The van der Waals surface area contributed by atoms with Crippen molar-refractivity contribution in [3.63, 3.8) is 0 Å². The van der Waals surface area contributed by atoms with Crippen molar-refractivity contribution in [3.05, 3.63) is 34.4 Å². The van der Waals surface area contributed by atoms with Crippen LogP contribution in [0.15, 0.2) is 34.4 Å². The number of aldehydes is 1. The van der Waals surface area contributed by atoms with Crippen LogP contribution in [0.1, 0.15) is 53.9 Å². The summed E-state index contributed by atoms with van der Waals surface area (Å²) >= 11 is 0. The molecule has 0 N–H and O–H groups in total. The van der Waals surface area contributed by atoms with E-state index in [0.717, 1.165) is 17.4 Å². The lowest BCUT2D eigenvalue weighted by Gasteiger charge is -2.33. The molecular weight excluding hydrogens is 208 g/mol. The predicted molar refractivity (Wildman–Crippen MR) is 73.9 cm³/mol. The van der Waals surface area contributed by atoms with Gasteiger partial charge in [-0.3, -0.25) is 4.79 Å². The Balaban J connectivity index is 3.01. The molecule has 0 atom stereocenters. The zero-order chi connectivity index (χ0) is 13.1. The van der Waals surface area contributed by atoms with Crippen molar-refractivity contribution in [1.29, 1.82) is 0 Å². The van der Waals surface area contributed by atoms with E-state index in [2.05, 4.69) is 32.9 Å². The Bertz CT molecular complexity index is 392. The summed E-state index contributed by atoms with van der Waals surface area (Å²) in [4.78, 5) is 10.7. The molecule has 0 unspecified atom stereocenters. The first-order valence-electron chi connectivity index (χ1n) is 6.39. The van der Waals surface area contributed by atoms with E-state index in [9.17, 15) is 4.79 Å². The van der Waals surface area contributed by atoms with Crippen molar-refractivity contribution < 1.29 is 4.79 Å². The van der Waals surface area contributed by atoms with E-state index < -0.39 is 0 Å². The first-order valence-corrected chi connectivity index (χ1v) is 6.39. The Kier molecular flexibility index (Phi) is 4.50. The fraction of sp³-hybridized carbons (Fsp3) is 0.562. The van der Waals surface area contributed by atoms with Crippen LogP contribution >= 0.6 is 0 Å². The second kappa shape index (κ2) is 5.48. The van der Waals surface area contributed by atoms with Crippen LogP contribution in [0.3, 0.4) is 0 Å². The molecule has 1 aliphatic carbocycles. The largest absolute Gasteiger partial charge is 0.298 e. The molecule has 0 radical (unpaired) electrons. The quantitative estimate of drug-likeness (QED) is 0.395. The molecule has 1 rings (SSSR count). The van der Waals surface area contributed by atoms with Crippen molar-refractivity contribution >= 4 is 6.29 Å². The third-order valence-electron chi connectivity index (χ3n) is 3.84. The maximum absolute atomic E-state index is 10.7. The van der Waals surface area contributed by atoms with Gasteiger partial charge in [-0.25, -0.2) is 0 Å². The molecule has 17 heavy (non-hydrogen) atoms.